The van der Waals surface area contributed by atoms with Crippen molar-refractivity contribution in [2.75, 3.05) is 11.9 Å². The molecule has 0 heterocycles. The number of carbonyl (C=O) groups excluding carboxylic acids is 1. The van der Waals surface area contributed by atoms with Crippen LogP contribution in [0.4, 0.5) is 5.69 Å². The van der Waals surface area contributed by atoms with E-state index in [0.717, 1.165) is 16.8 Å². The van der Waals surface area contributed by atoms with Gasteiger partial charge in [-0.25, -0.2) is 0 Å². The Balaban J connectivity index is 2.97. The SMILES string of the molecule is Cc1ccc(N(C)C(=O)CC#N)c(C)c1. The minimum Gasteiger partial charge on any atom is -0.314 e. The molecule has 0 aliphatic carbocycles. The summed E-state index contributed by atoms with van der Waals surface area (Å²) in [4.78, 5) is 13.0. The van der Waals surface area contributed by atoms with Crippen molar-refractivity contribution >= 4 is 11.6 Å². The van der Waals surface area contributed by atoms with Gasteiger partial charge in [0.05, 0.1) is 6.07 Å². The molecule has 1 rings (SSSR count). The van der Waals surface area contributed by atoms with Gasteiger partial charge in [0.15, 0.2) is 0 Å². The van der Waals surface area contributed by atoms with Crippen LogP contribution in [0.15, 0.2) is 18.2 Å². The molecule has 1 aromatic carbocycles. The van der Waals surface area contributed by atoms with E-state index in [2.05, 4.69) is 0 Å². The first-order valence-electron chi connectivity index (χ1n) is 4.77. The number of hydrogen-bond acceptors (Lipinski definition) is 2. The fourth-order valence-electron chi connectivity index (χ4n) is 1.50. The molecular formula is C12H14N2O. The van der Waals surface area contributed by atoms with E-state index in [1.165, 1.54) is 4.90 Å². The molecule has 15 heavy (non-hydrogen) atoms. The van der Waals surface area contributed by atoms with Crippen LogP contribution in [0, 0.1) is 25.2 Å². The Morgan fingerprint density at radius 2 is 2.13 bits per heavy atom. The Kier molecular flexibility index (Phi) is 3.46. The highest BCUT2D eigenvalue weighted by Crippen LogP contribution is 2.20. The normalized spacial score (nSPS) is 9.47. The second-order valence-electron chi connectivity index (χ2n) is 3.58. The molecule has 0 unspecified atom stereocenters. The van der Waals surface area contributed by atoms with E-state index in [0.29, 0.717) is 0 Å². The van der Waals surface area contributed by atoms with Gasteiger partial charge in [-0.05, 0) is 25.5 Å². The van der Waals surface area contributed by atoms with Gasteiger partial charge >= 0.3 is 0 Å². The fraction of sp³-hybridized carbons (Fsp3) is 0.333. The maximum Gasteiger partial charge on any atom is 0.240 e. The lowest BCUT2D eigenvalue weighted by Crippen LogP contribution is -2.26. The number of anilines is 1. The average Bonchev–Trinajstić information content (AvgIpc) is 2.17. The molecule has 0 saturated carbocycles. The minimum absolute atomic E-state index is 0.0795. The topological polar surface area (TPSA) is 44.1 Å². The molecule has 0 atom stereocenters. The van der Waals surface area contributed by atoms with Gasteiger partial charge in [0.2, 0.25) is 5.91 Å². The number of amides is 1. The first kappa shape index (κ1) is 11.3. The highest BCUT2D eigenvalue weighted by atomic mass is 16.2. The lowest BCUT2D eigenvalue weighted by Gasteiger charge is -2.18. The van der Waals surface area contributed by atoms with E-state index in [1.54, 1.807) is 7.05 Å². The van der Waals surface area contributed by atoms with Crippen molar-refractivity contribution in [3.8, 4) is 6.07 Å². The van der Waals surface area contributed by atoms with Crippen molar-refractivity contribution in [2.24, 2.45) is 0 Å². The van der Waals surface area contributed by atoms with Crippen LogP contribution in [-0.4, -0.2) is 13.0 Å². The number of hydrogen-bond donors (Lipinski definition) is 0. The van der Waals surface area contributed by atoms with Gasteiger partial charge in [-0.1, -0.05) is 17.7 Å². The predicted octanol–water partition coefficient (Wildman–Crippen LogP) is 2.18. The molecule has 3 nitrogen and oxygen atoms in total. The van der Waals surface area contributed by atoms with E-state index in [9.17, 15) is 4.79 Å². The molecule has 0 bridgehead atoms. The summed E-state index contributed by atoms with van der Waals surface area (Å²) < 4.78 is 0. The first-order valence-corrected chi connectivity index (χ1v) is 4.77. The maximum atomic E-state index is 11.5. The van der Waals surface area contributed by atoms with Crippen LogP contribution in [0.25, 0.3) is 0 Å². The standard InChI is InChI=1S/C12H14N2O/c1-9-4-5-11(10(2)8-9)14(3)12(15)6-7-13/h4-5,8H,6H2,1-3H3. The van der Waals surface area contributed by atoms with Gasteiger partial charge in [0, 0.05) is 12.7 Å². The number of nitriles is 1. The summed E-state index contributed by atoms with van der Waals surface area (Å²) in [5, 5.41) is 8.45. The third-order valence-corrected chi connectivity index (χ3v) is 2.32. The zero-order valence-corrected chi connectivity index (χ0v) is 9.24. The molecule has 0 aliphatic heterocycles. The Hall–Kier alpha value is -1.82. The molecule has 0 aromatic heterocycles. The van der Waals surface area contributed by atoms with E-state index in [1.807, 2.05) is 38.1 Å². The Morgan fingerprint density at radius 3 is 2.67 bits per heavy atom. The molecule has 0 aliphatic rings. The third kappa shape index (κ3) is 2.57. The average molecular weight is 202 g/mol. The van der Waals surface area contributed by atoms with Crippen molar-refractivity contribution < 1.29 is 4.79 Å². The van der Waals surface area contributed by atoms with E-state index < -0.39 is 0 Å². The third-order valence-electron chi connectivity index (χ3n) is 2.32. The molecule has 0 fully saturated rings. The minimum atomic E-state index is -0.176. The Bertz CT molecular complexity index is 418. The smallest absolute Gasteiger partial charge is 0.240 e. The first-order chi connectivity index (χ1) is 7.06. The van der Waals surface area contributed by atoms with Gasteiger partial charge < -0.3 is 4.90 Å². The number of benzene rings is 1. The van der Waals surface area contributed by atoms with Crippen molar-refractivity contribution in [1.82, 2.24) is 0 Å². The largest absolute Gasteiger partial charge is 0.314 e. The Labute approximate surface area is 89.9 Å². The Morgan fingerprint density at radius 1 is 1.47 bits per heavy atom. The fourth-order valence-corrected chi connectivity index (χ4v) is 1.50. The van der Waals surface area contributed by atoms with Gasteiger partial charge in [0.25, 0.3) is 0 Å². The lowest BCUT2D eigenvalue weighted by atomic mass is 10.1. The summed E-state index contributed by atoms with van der Waals surface area (Å²) in [5.41, 5.74) is 3.07. The molecule has 1 amide bonds. The van der Waals surface area contributed by atoms with Gasteiger partial charge in [-0.15, -0.1) is 0 Å². The summed E-state index contributed by atoms with van der Waals surface area (Å²) >= 11 is 0. The summed E-state index contributed by atoms with van der Waals surface area (Å²) in [6, 6.07) is 7.74. The van der Waals surface area contributed by atoms with E-state index in [-0.39, 0.29) is 12.3 Å². The second kappa shape index (κ2) is 4.61. The summed E-state index contributed by atoms with van der Waals surface area (Å²) in [6.45, 7) is 3.96. The molecular weight excluding hydrogens is 188 g/mol. The van der Waals surface area contributed by atoms with Gasteiger partial charge in [-0.3, -0.25) is 4.79 Å². The maximum absolute atomic E-state index is 11.5. The van der Waals surface area contributed by atoms with Crippen molar-refractivity contribution in [3.63, 3.8) is 0 Å². The van der Waals surface area contributed by atoms with Crippen LogP contribution >= 0.6 is 0 Å². The molecule has 0 saturated heterocycles. The lowest BCUT2D eigenvalue weighted by molar-refractivity contribution is -0.117. The van der Waals surface area contributed by atoms with Crippen LogP contribution in [0.5, 0.6) is 0 Å². The summed E-state index contributed by atoms with van der Waals surface area (Å²) in [7, 11) is 1.69. The van der Waals surface area contributed by atoms with Crippen LogP contribution in [0.3, 0.4) is 0 Å². The van der Waals surface area contributed by atoms with Crippen LogP contribution < -0.4 is 4.90 Å². The highest BCUT2D eigenvalue weighted by molar-refractivity contribution is 5.94. The van der Waals surface area contributed by atoms with Crippen LogP contribution in [-0.2, 0) is 4.79 Å². The summed E-state index contributed by atoms with van der Waals surface area (Å²) in [6.07, 6.45) is -0.0795. The molecule has 0 radical (unpaired) electrons. The van der Waals surface area contributed by atoms with Crippen molar-refractivity contribution in [2.45, 2.75) is 20.3 Å². The predicted molar refractivity (Wildman–Crippen MR) is 59.6 cm³/mol. The van der Waals surface area contributed by atoms with Gasteiger partial charge in [-0.2, -0.15) is 5.26 Å². The molecule has 3 heteroatoms. The zero-order valence-electron chi connectivity index (χ0n) is 9.24. The van der Waals surface area contributed by atoms with Gasteiger partial charge in [0.1, 0.15) is 6.42 Å². The summed E-state index contributed by atoms with van der Waals surface area (Å²) in [5.74, 6) is -0.176. The molecule has 78 valence electrons. The number of nitrogens with zero attached hydrogens (tertiary/aromatic N) is 2. The van der Waals surface area contributed by atoms with Crippen LogP contribution in [0.1, 0.15) is 17.5 Å². The van der Waals surface area contributed by atoms with Crippen molar-refractivity contribution in [1.29, 1.82) is 5.26 Å². The number of aryl methyl sites for hydroxylation is 2. The number of rotatable bonds is 2. The van der Waals surface area contributed by atoms with E-state index >= 15 is 0 Å². The monoisotopic (exact) mass is 202 g/mol. The molecule has 0 N–H and O–H groups in total. The number of carbonyl (C=O) groups is 1. The zero-order chi connectivity index (χ0) is 11.4. The van der Waals surface area contributed by atoms with Crippen LogP contribution in [0.2, 0.25) is 0 Å². The van der Waals surface area contributed by atoms with E-state index in [4.69, 9.17) is 5.26 Å². The van der Waals surface area contributed by atoms with Crippen molar-refractivity contribution in [3.05, 3.63) is 29.3 Å². The quantitative estimate of drug-likeness (QED) is 0.737. The second-order valence-corrected chi connectivity index (χ2v) is 3.58. The highest BCUT2D eigenvalue weighted by Gasteiger charge is 2.11. The molecule has 1 aromatic rings. The molecule has 0 spiro atoms.